The third-order valence-corrected chi connectivity index (χ3v) is 2.94. The maximum atomic E-state index is 13.3. The van der Waals surface area contributed by atoms with Crippen LogP contribution in [-0.4, -0.2) is 14.9 Å². The molecule has 1 aromatic heterocycles. The lowest BCUT2D eigenvalue weighted by Crippen LogP contribution is -2.01. The second-order valence-corrected chi connectivity index (χ2v) is 4.58. The minimum Gasteiger partial charge on any atom is -0.334 e. The third-order valence-electron chi connectivity index (χ3n) is 2.12. The molecule has 98 valence electrons. The lowest BCUT2D eigenvalue weighted by atomic mass is 10.3. The predicted molar refractivity (Wildman–Crippen MR) is 71.1 cm³/mol. The van der Waals surface area contributed by atoms with Crippen LogP contribution in [0.4, 0.5) is 21.6 Å². The molecule has 0 aliphatic rings. The fraction of sp³-hybridized carbons (Fsp3) is 0. The van der Waals surface area contributed by atoms with Crippen molar-refractivity contribution in [3.8, 4) is 0 Å². The number of nitrogens with one attached hydrogen (secondary N) is 1. The summed E-state index contributed by atoms with van der Waals surface area (Å²) in [6, 6.07) is 4.17. The van der Waals surface area contributed by atoms with Crippen molar-refractivity contribution < 1.29 is 9.31 Å². The summed E-state index contributed by atoms with van der Waals surface area (Å²) in [5.74, 6) is -0.612. The molecule has 0 amide bonds. The number of anilines is 2. The number of aromatic nitrogens is 2. The Morgan fingerprint density at radius 3 is 2.84 bits per heavy atom. The fourth-order valence-electron chi connectivity index (χ4n) is 1.29. The molecule has 0 aliphatic heterocycles. The first-order valence-electron chi connectivity index (χ1n) is 4.86. The molecule has 2 aromatic rings. The second-order valence-electron chi connectivity index (χ2n) is 3.38. The molecule has 0 bridgehead atoms. The van der Waals surface area contributed by atoms with Gasteiger partial charge in [0, 0.05) is 5.69 Å². The first kappa shape index (κ1) is 13.6. The van der Waals surface area contributed by atoms with Crippen molar-refractivity contribution in [1.29, 1.82) is 0 Å². The van der Waals surface area contributed by atoms with Crippen LogP contribution in [0.5, 0.6) is 0 Å². The van der Waals surface area contributed by atoms with Crippen molar-refractivity contribution in [3.05, 3.63) is 50.1 Å². The Kier molecular flexibility index (Phi) is 3.91. The van der Waals surface area contributed by atoms with Crippen LogP contribution in [0.15, 0.2) is 28.9 Å². The molecule has 9 heteroatoms. The summed E-state index contributed by atoms with van der Waals surface area (Å²) >= 11 is 8.58. The van der Waals surface area contributed by atoms with E-state index in [0.717, 1.165) is 6.20 Å². The Morgan fingerprint density at radius 2 is 2.21 bits per heavy atom. The average molecular weight is 348 g/mol. The zero-order chi connectivity index (χ0) is 14.0. The highest BCUT2D eigenvalue weighted by atomic mass is 79.9. The topological polar surface area (TPSA) is 81.0 Å². The van der Waals surface area contributed by atoms with E-state index >= 15 is 0 Å². The van der Waals surface area contributed by atoms with Crippen LogP contribution in [0.3, 0.4) is 0 Å². The molecule has 1 heterocycles. The number of benzene rings is 1. The molecule has 0 aliphatic carbocycles. The van der Waals surface area contributed by atoms with Crippen molar-refractivity contribution >= 4 is 44.7 Å². The molecule has 0 atom stereocenters. The summed E-state index contributed by atoms with van der Waals surface area (Å²) in [6.07, 6.45) is 0.979. The number of nitrogens with zero attached hydrogens (tertiary/aromatic N) is 3. The number of nitro groups is 1. The van der Waals surface area contributed by atoms with Gasteiger partial charge in [-0.1, -0.05) is 0 Å². The highest BCUT2D eigenvalue weighted by Crippen LogP contribution is 2.27. The van der Waals surface area contributed by atoms with Crippen molar-refractivity contribution in [1.82, 2.24) is 9.97 Å². The second kappa shape index (κ2) is 5.45. The van der Waals surface area contributed by atoms with E-state index < -0.39 is 10.7 Å². The molecule has 1 aromatic carbocycles. The van der Waals surface area contributed by atoms with Crippen LogP contribution in [0, 0.1) is 15.9 Å². The molecule has 0 spiro atoms. The Hall–Kier alpha value is -1.80. The van der Waals surface area contributed by atoms with Crippen LogP contribution in [0.2, 0.25) is 5.28 Å². The smallest absolute Gasteiger partial charge is 0.329 e. The van der Waals surface area contributed by atoms with Gasteiger partial charge in [-0.3, -0.25) is 10.1 Å². The van der Waals surface area contributed by atoms with Crippen molar-refractivity contribution in [2.24, 2.45) is 0 Å². The van der Waals surface area contributed by atoms with E-state index in [-0.39, 0.29) is 21.3 Å². The zero-order valence-electron chi connectivity index (χ0n) is 9.10. The van der Waals surface area contributed by atoms with Crippen LogP contribution in [0.25, 0.3) is 0 Å². The number of rotatable bonds is 3. The van der Waals surface area contributed by atoms with Gasteiger partial charge in [0.15, 0.2) is 0 Å². The molecule has 1 N–H and O–H groups in total. The third kappa shape index (κ3) is 3.15. The van der Waals surface area contributed by atoms with Crippen LogP contribution >= 0.6 is 27.5 Å². The van der Waals surface area contributed by atoms with E-state index in [1.54, 1.807) is 0 Å². The molecule has 0 saturated heterocycles. The average Bonchev–Trinajstić information content (AvgIpc) is 2.33. The summed E-state index contributed by atoms with van der Waals surface area (Å²) in [5.41, 5.74) is -0.0497. The summed E-state index contributed by atoms with van der Waals surface area (Å²) < 4.78 is 13.6. The van der Waals surface area contributed by atoms with Gasteiger partial charge in [0.1, 0.15) is 12.0 Å². The summed E-state index contributed by atoms with van der Waals surface area (Å²) in [7, 11) is 0. The van der Waals surface area contributed by atoms with Gasteiger partial charge in [0.05, 0.1) is 9.40 Å². The summed E-state index contributed by atoms with van der Waals surface area (Å²) in [4.78, 5) is 17.4. The SMILES string of the molecule is O=[N+]([O-])c1cnc(Cl)nc1Nc1ccc(Br)c(F)c1. The molecular weight excluding hydrogens is 342 g/mol. The number of hydrogen-bond donors (Lipinski definition) is 1. The van der Waals surface area contributed by atoms with E-state index in [1.165, 1.54) is 18.2 Å². The molecule has 19 heavy (non-hydrogen) atoms. The van der Waals surface area contributed by atoms with Crippen LogP contribution in [0.1, 0.15) is 0 Å². The molecule has 6 nitrogen and oxygen atoms in total. The van der Waals surface area contributed by atoms with Crippen molar-refractivity contribution in [3.63, 3.8) is 0 Å². The molecule has 2 rings (SSSR count). The molecule has 0 radical (unpaired) electrons. The predicted octanol–water partition coefficient (Wildman–Crippen LogP) is 3.68. The van der Waals surface area contributed by atoms with E-state index in [9.17, 15) is 14.5 Å². The van der Waals surface area contributed by atoms with Gasteiger partial charge < -0.3 is 5.32 Å². The minimum absolute atomic E-state index is 0.105. The van der Waals surface area contributed by atoms with E-state index in [4.69, 9.17) is 11.6 Å². The van der Waals surface area contributed by atoms with Crippen LogP contribution < -0.4 is 5.32 Å². The normalized spacial score (nSPS) is 10.3. The monoisotopic (exact) mass is 346 g/mol. The zero-order valence-corrected chi connectivity index (χ0v) is 11.4. The maximum Gasteiger partial charge on any atom is 0.329 e. The summed E-state index contributed by atoms with van der Waals surface area (Å²) in [5, 5.41) is 13.3. The van der Waals surface area contributed by atoms with Gasteiger partial charge in [0.25, 0.3) is 0 Å². The molecule has 0 unspecified atom stereocenters. The number of hydrogen-bond acceptors (Lipinski definition) is 5. The Balaban J connectivity index is 2.39. The first-order valence-corrected chi connectivity index (χ1v) is 6.03. The molecular formula is C10H5BrClFN4O2. The van der Waals surface area contributed by atoms with Crippen molar-refractivity contribution in [2.45, 2.75) is 0 Å². The Bertz CT molecular complexity index is 655. The van der Waals surface area contributed by atoms with Gasteiger partial charge in [0.2, 0.25) is 11.1 Å². The van der Waals surface area contributed by atoms with Gasteiger partial charge in [-0.2, -0.15) is 4.98 Å². The minimum atomic E-state index is -0.659. The fourth-order valence-corrected chi connectivity index (χ4v) is 1.67. The first-order chi connectivity index (χ1) is 8.97. The number of halogens is 3. The van der Waals surface area contributed by atoms with E-state index in [2.05, 4.69) is 31.2 Å². The van der Waals surface area contributed by atoms with Crippen molar-refractivity contribution in [2.75, 3.05) is 5.32 Å². The molecule has 0 fully saturated rings. The molecule has 0 saturated carbocycles. The Morgan fingerprint density at radius 1 is 1.47 bits per heavy atom. The summed E-state index contributed by atoms with van der Waals surface area (Å²) in [6.45, 7) is 0. The van der Waals surface area contributed by atoms with E-state index in [1.807, 2.05) is 0 Å². The lowest BCUT2D eigenvalue weighted by Gasteiger charge is -2.06. The quantitative estimate of drug-likeness (QED) is 0.520. The van der Waals surface area contributed by atoms with Gasteiger partial charge in [-0.05, 0) is 45.7 Å². The van der Waals surface area contributed by atoms with Gasteiger partial charge in [-0.15, -0.1) is 0 Å². The standard InChI is InChI=1S/C10H5BrClFN4O2/c11-6-2-1-5(3-7(6)13)15-9-8(17(18)19)4-14-10(12)16-9/h1-4H,(H,14,15,16). The van der Waals surface area contributed by atoms with Crippen LogP contribution in [-0.2, 0) is 0 Å². The highest BCUT2D eigenvalue weighted by molar-refractivity contribution is 9.10. The largest absolute Gasteiger partial charge is 0.334 e. The van der Waals surface area contributed by atoms with Gasteiger partial charge in [-0.25, -0.2) is 9.37 Å². The Labute approximate surface area is 119 Å². The van der Waals surface area contributed by atoms with E-state index in [0.29, 0.717) is 5.69 Å². The lowest BCUT2D eigenvalue weighted by molar-refractivity contribution is -0.384. The van der Waals surface area contributed by atoms with Gasteiger partial charge >= 0.3 is 5.69 Å². The maximum absolute atomic E-state index is 13.3. The highest BCUT2D eigenvalue weighted by Gasteiger charge is 2.17.